The highest BCUT2D eigenvalue weighted by Gasteiger charge is 2.27. The van der Waals surface area contributed by atoms with Gasteiger partial charge in [0, 0.05) is 11.9 Å². The third-order valence-corrected chi connectivity index (χ3v) is 3.56. The summed E-state index contributed by atoms with van der Waals surface area (Å²) in [6, 6.07) is 4.59. The molecule has 2 heterocycles. The molecule has 1 aromatic heterocycles. The Morgan fingerprint density at radius 2 is 2.30 bits per heavy atom. The standard InChI is InChI=1S/C14H16FN3O2/c1-9-7-20-11(6-19)5-18(9)14-12-4-10(15)2-3-13(12)16-8-17-14/h2-4,8-9,11,19H,5-7H2,1H3. The molecule has 1 aromatic carbocycles. The van der Waals surface area contributed by atoms with Crippen molar-refractivity contribution in [1.29, 1.82) is 0 Å². The number of aromatic nitrogens is 2. The summed E-state index contributed by atoms with van der Waals surface area (Å²) < 4.78 is 19.0. The molecule has 1 saturated heterocycles. The second kappa shape index (κ2) is 5.30. The van der Waals surface area contributed by atoms with Crippen LogP contribution in [-0.4, -0.2) is 47.0 Å². The lowest BCUT2D eigenvalue weighted by Crippen LogP contribution is -2.50. The van der Waals surface area contributed by atoms with Gasteiger partial charge in [-0.3, -0.25) is 0 Å². The average Bonchev–Trinajstić information content (AvgIpc) is 2.47. The Morgan fingerprint density at radius 3 is 3.10 bits per heavy atom. The van der Waals surface area contributed by atoms with E-state index >= 15 is 0 Å². The second-order valence-electron chi connectivity index (χ2n) is 5.00. The van der Waals surface area contributed by atoms with Crippen LogP contribution in [0.4, 0.5) is 10.2 Å². The number of halogens is 1. The molecule has 3 rings (SSSR count). The van der Waals surface area contributed by atoms with E-state index in [2.05, 4.69) is 9.97 Å². The zero-order valence-electron chi connectivity index (χ0n) is 11.2. The van der Waals surface area contributed by atoms with E-state index in [1.54, 1.807) is 6.07 Å². The molecule has 1 fully saturated rings. The molecule has 5 nitrogen and oxygen atoms in total. The summed E-state index contributed by atoms with van der Waals surface area (Å²) in [4.78, 5) is 10.5. The molecule has 0 bridgehead atoms. The van der Waals surface area contributed by atoms with Gasteiger partial charge in [0.1, 0.15) is 18.0 Å². The molecule has 0 aliphatic carbocycles. The fourth-order valence-electron chi connectivity index (χ4n) is 2.47. The van der Waals surface area contributed by atoms with Gasteiger partial charge in [-0.05, 0) is 25.1 Å². The number of aliphatic hydroxyl groups excluding tert-OH is 1. The Hall–Kier alpha value is -1.79. The van der Waals surface area contributed by atoms with E-state index < -0.39 is 0 Å². The van der Waals surface area contributed by atoms with Crippen molar-refractivity contribution in [3.8, 4) is 0 Å². The minimum absolute atomic E-state index is 0.0411. The molecule has 1 aliphatic heterocycles. The first kappa shape index (κ1) is 13.2. The van der Waals surface area contributed by atoms with Gasteiger partial charge in [-0.15, -0.1) is 0 Å². The Bertz CT molecular complexity index is 622. The normalized spacial score (nSPS) is 23.2. The summed E-state index contributed by atoms with van der Waals surface area (Å²) in [5, 5.41) is 9.93. The van der Waals surface area contributed by atoms with Crippen molar-refractivity contribution in [1.82, 2.24) is 9.97 Å². The van der Waals surface area contributed by atoms with Crippen LogP contribution in [0.25, 0.3) is 10.9 Å². The number of aliphatic hydroxyl groups is 1. The minimum atomic E-state index is -0.312. The Balaban J connectivity index is 2.06. The van der Waals surface area contributed by atoms with Crippen LogP contribution in [-0.2, 0) is 4.74 Å². The molecule has 2 unspecified atom stereocenters. The fraction of sp³-hybridized carbons (Fsp3) is 0.429. The maximum absolute atomic E-state index is 13.5. The number of fused-ring (bicyclic) bond motifs is 1. The Morgan fingerprint density at radius 1 is 1.45 bits per heavy atom. The topological polar surface area (TPSA) is 58.5 Å². The number of nitrogens with zero attached hydrogens (tertiary/aromatic N) is 3. The minimum Gasteiger partial charge on any atom is -0.394 e. The third kappa shape index (κ3) is 2.32. The van der Waals surface area contributed by atoms with E-state index in [1.807, 2.05) is 11.8 Å². The zero-order chi connectivity index (χ0) is 14.1. The molecule has 0 amide bonds. The van der Waals surface area contributed by atoms with Gasteiger partial charge in [-0.2, -0.15) is 0 Å². The quantitative estimate of drug-likeness (QED) is 0.898. The predicted octanol–water partition coefficient (Wildman–Crippen LogP) is 1.35. The molecule has 2 atom stereocenters. The van der Waals surface area contributed by atoms with Gasteiger partial charge in [0.2, 0.25) is 0 Å². The number of benzene rings is 1. The Labute approximate surface area is 116 Å². The number of rotatable bonds is 2. The maximum atomic E-state index is 13.5. The average molecular weight is 277 g/mol. The smallest absolute Gasteiger partial charge is 0.140 e. The van der Waals surface area contributed by atoms with Gasteiger partial charge in [-0.25, -0.2) is 14.4 Å². The molecule has 1 N–H and O–H groups in total. The van der Waals surface area contributed by atoms with Crippen molar-refractivity contribution >= 4 is 16.7 Å². The highest BCUT2D eigenvalue weighted by atomic mass is 19.1. The van der Waals surface area contributed by atoms with Crippen molar-refractivity contribution in [3.63, 3.8) is 0 Å². The SMILES string of the molecule is CC1COC(CO)CN1c1ncnc2ccc(F)cc12. The lowest BCUT2D eigenvalue weighted by molar-refractivity contribution is -0.0104. The van der Waals surface area contributed by atoms with Gasteiger partial charge < -0.3 is 14.7 Å². The van der Waals surface area contributed by atoms with E-state index in [0.717, 1.165) is 0 Å². The molecule has 0 saturated carbocycles. The lowest BCUT2D eigenvalue weighted by Gasteiger charge is -2.38. The number of hydrogen-bond acceptors (Lipinski definition) is 5. The zero-order valence-corrected chi connectivity index (χ0v) is 11.2. The maximum Gasteiger partial charge on any atom is 0.140 e. The van der Waals surface area contributed by atoms with E-state index in [9.17, 15) is 9.50 Å². The van der Waals surface area contributed by atoms with E-state index in [-0.39, 0.29) is 24.6 Å². The van der Waals surface area contributed by atoms with Crippen molar-refractivity contribution in [3.05, 3.63) is 30.3 Å². The first-order valence-corrected chi connectivity index (χ1v) is 6.58. The number of morpholine rings is 1. The fourth-order valence-corrected chi connectivity index (χ4v) is 2.47. The van der Waals surface area contributed by atoms with Crippen LogP contribution in [0.2, 0.25) is 0 Å². The van der Waals surface area contributed by atoms with Crippen LogP contribution in [0.15, 0.2) is 24.5 Å². The van der Waals surface area contributed by atoms with Crippen molar-refractivity contribution < 1.29 is 14.2 Å². The molecule has 2 aromatic rings. The molecular weight excluding hydrogens is 261 g/mol. The highest BCUT2D eigenvalue weighted by molar-refractivity contribution is 5.89. The molecule has 0 radical (unpaired) electrons. The first-order valence-electron chi connectivity index (χ1n) is 6.58. The van der Waals surface area contributed by atoms with Crippen LogP contribution in [0.5, 0.6) is 0 Å². The van der Waals surface area contributed by atoms with Crippen molar-refractivity contribution in [2.24, 2.45) is 0 Å². The molecule has 1 aliphatic rings. The van der Waals surface area contributed by atoms with Crippen molar-refractivity contribution in [2.75, 3.05) is 24.7 Å². The van der Waals surface area contributed by atoms with Crippen LogP contribution in [0.1, 0.15) is 6.92 Å². The predicted molar refractivity (Wildman–Crippen MR) is 73.1 cm³/mol. The largest absolute Gasteiger partial charge is 0.394 e. The summed E-state index contributed by atoms with van der Waals surface area (Å²) in [5.74, 6) is 0.372. The highest BCUT2D eigenvalue weighted by Crippen LogP contribution is 2.27. The van der Waals surface area contributed by atoms with Crippen LogP contribution in [0, 0.1) is 5.82 Å². The van der Waals surface area contributed by atoms with Gasteiger partial charge >= 0.3 is 0 Å². The van der Waals surface area contributed by atoms with Gasteiger partial charge in [0.05, 0.1) is 30.9 Å². The van der Waals surface area contributed by atoms with Crippen LogP contribution in [0.3, 0.4) is 0 Å². The van der Waals surface area contributed by atoms with Crippen LogP contribution < -0.4 is 4.90 Å². The molecule has 0 spiro atoms. The summed E-state index contributed by atoms with van der Waals surface area (Å²) in [7, 11) is 0. The lowest BCUT2D eigenvalue weighted by atomic mass is 10.1. The first-order chi connectivity index (χ1) is 9.69. The third-order valence-electron chi connectivity index (χ3n) is 3.56. The molecule has 20 heavy (non-hydrogen) atoms. The number of ether oxygens (including phenoxy) is 1. The van der Waals surface area contributed by atoms with Gasteiger partial charge in [0.25, 0.3) is 0 Å². The summed E-state index contributed by atoms with van der Waals surface area (Å²) >= 11 is 0. The molecule has 6 heteroatoms. The molecular formula is C14H16FN3O2. The number of hydrogen-bond donors (Lipinski definition) is 1. The van der Waals surface area contributed by atoms with Gasteiger partial charge in [0.15, 0.2) is 0 Å². The van der Waals surface area contributed by atoms with E-state index in [1.165, 1.54) is 18.5 Å². The van der Waals surface area contributed by atoms with Crippen molar-refractivity contribution in [2.45, 2.75) is 19.1 Å². The van der Waals surface area contributed by atoms with E-state index in [0.29, 0.717) is 29.9 Å². The molecule has 106 valence electrons. The van der Waals surface area contributed by atoms with E-state index in [4.69, 9.17) is 4.74 Å². The summed E-state index contributed by atoms with van der Waals surface area (Å²) in [5.41, 5.74) is 0.704. The second-order valence-corrected chi connectivity index (χ2v) is 5.00. The van der Waals surface area contributed by atoms with Crippen LogP contribution >= 0.6 is 0 Å². The summed E-state index contributed by atoms with van der Waals surface area (Å²) in [6.45, 7) is 3.01. The number of anilines is 1. The van der Waals surface area contributed by atoms with Gasteiger partial charge in [-0.1, -0.05) is 0 Å². The summed E-state index contributed by atoms with van der Waals surface area (Å²) in [6.07, 6.45) is 1.23. The monoisotopic (exact) mass is 277 g/mol. The Kier molecular flexibility index (Phi) is 3.50.